The third-order valence-electron chi connectivity index (χ3n) is 9.28. The van der Waals surface area contributed by atoms with Crippen LogP contribution in [0.15, 0.2) is 89.3 Å². The number of allylic oxidation sites excluding steroid dienone is 1. The van der Waals surface area contributed by atoms with E-state index in [1.165, 1.54) is 23.1 Å². The molecule has 11 heteroatoms. The molecule has 1 aliphatic heterocycles. The molecule has 6 rings (SSSR count). The van der Waals surface area contributed by atoms with Crippen LogP contribution in [0.3, 0.4) is 0 Å². The van der Waals surface area contributed by atoms with Crippen LogP contribution in [0.2, 0.25) is 5.02 Å². The predicted molar refractivity (Wildman–Crippen MR) is 186 cm³/mol. The Hall–Kier alpha value is -3.99. The van der Waals surface area contributed by atoms with Gasteiger partial charge in [-0.15, -0.1) is 5.10 Å². The molecule has 1 N–H and O–H groups in total. The topological polar surface area (TPSA) is 100 Å². The van der Waals surface area contributed by atoms with E-state index in [0.29, 0.717) is 12.2 Å². The zero-order valence-electron chi connectivity index (χ0n) is 27.1. The van der Waals surface area contributed by atoms with E-state index in [0.717, 1.165) is 61.8 Å². The molecule has 0 radical (unpaired) electrons. The van der Waals surface area contributed by atoms with Crippen molar-refractivity contribution in [2.24, 2.45) is 5.41 Å². The number of hydrogen-bond acceptors (Lipinski definition) is 7. The van der Waals surface area contributed by atoms with Gasteiger partial charge in [0.1, 0.15) is 0 Å². The normalized spacial score (nSPS) is 17.1. The molecule has 1 aromatic heterocycles. The smallest absolute Gasteiger partial charge is 0.287 e. The highest BCUT2D eigenvalue weighted by Crippen LogP contribution is 2.43. The minimum atomic E-state index is -4.10. The monoisotopic (exact) mass is 672 g/mol. The number of amides is 1. The van der Waals surface area contributed by atoms with Crippen molar-refractivity contribution in [3.8, 4) is 0 Å². The number of rotatable bonds is 9. The summed E-state index contributed by atoms with van der Waals surface area (Å²) in [7, 11) is -4.10. The summed E-state index contributed by atoms with van der Waals surface area (Å²) >= 11 is 6.18. The maximum atomic E-state index is 13.1. The van der Waals surface area contributed by atoms with Crippen molar-refractivity contribution in [2.45, 2.75) is 51.5 Å². The van der Waals surface area contributed by atoms with Crippen molar-refractivity contribution in [3.05, 3.63) is 112 Å². The molecule has 0 unspecified atom stereocenters. The molecule has 9 nitrogen and oxygen atoms in total. The average Bonchev–Trinajstić information content (AvgIpc) is 3.42. The second kappa shape index (κ2) is 13.6. The third kappa shape index (κ3) is 7.77. The first kappa shape index (κ1) is 32.9. The molecular weight excluding hydrogens is 632 g/mol. The first-order valence-corrected chi connectivity index (χ1v) is 17.9. The number of nitrogens with one attached hydrogen (secondary N) is 1. The van der Waals surface area contributed by atoms with E-state index in [4.69, 9.17) is 11.6 Å². The number of carbonyl (C=O) groups excluding carboxylic acids is 1. The molecule has 1 fully saturated rings. The number of sulfonamides is 1. The lowest BCUT2D eigenvalue weighted by Crippen LogP contribution is -2.47. The summed E-state index contributed by atoms with van der Waals surface area (Å²) in [6, 6.07) is 24.6. The van der Waals surface area contributed by atoms with Crippen molar-refractivity contribution in [1.29, 1.82) is 0 Å². The van der Waals surface area contributed by atoms with Crippen LogP contribution in [-0.2, 0) is 16.6 Å². The molecule has 0 spiro atoms. The van der Waals surface area contributed by atoms with E-state index in [9.17, 15) is 13.2 Å². The van der Waals surface area contributed by atoms with Crippen LogP contribution in [0, 0.1) is 12.3 Å². The SMILES string of the molecule is Cc1c(C(=O)NS(=O)(=O)c2ccc(N3CCN(CC4=C(c5ccc(Cl)cc5)CC(C)(C)CC4)CC3)cc2)nnn1Cc1ccccc1. The van der Waals surface area contributed by atoms with Crippen LogP contribution in [0.1, 0.15) is 60.4 Å². The standard InChI is InChI=1S/C36H41ClN6O3S/c1-26-34(38-40-43(26)24-27-7-5-4-6-8-27)35(44)39-47(45,46)32-15-13-31(14-16-32)42-21-19-41(20-22-42)25-29-17-18-36(2,3)23-33(29)28-9-11-30(37)12-10-28/h4-16H,17-25H2,1-3H3,(H,39,44). The van der Waals surface area contributed by atoms with Gasteiger partial charge in [0.25, 0.3) is 15.9 Å². The van der Waals surface area contributed by atoms with E-state index >= 15 is 0 Å². The van der Waals surface area contributed by atoms with Crippen LogP contribution < -0.4 is 9.62 Å². The highest BCUT2D eigenvalue weighted by molar-refractivity contribution is 7.90. The molecule has 47 heavy (non-hydrogen) atoms. The lowest BCUT2D eigenvalue weighted by Gasteiger charge is -2.39. The van der Waals surface area contributed by atoms with Gasteiger partial charge >= 0.3 is 0 Å². The van der Waals surface area contributed by atoms with Crippen molar-refractivity contribution in [2.75, 3.05) is 37.6 Å². The summed E-state index contributed by atoms with van der Waals surface area (Å²) in [5.74, 6) is -0.808. The Balaban J connectivity index is 1.06. The summed E-state index contributed by atoms with van der Waals surface area (Å²) in [6.07, 6.45) is 3.35. The maximum Gasteiger partial charge on any atom is 0.287 e. The van der Waals surface area contributed by atoms with Gasteiger partial charge in [0.2, 0.25) is 0 Å². The Kier molecular flexibility index (Phi) is 9.55. The van der Waals surface area contributed by atoms with Gasteiger partial charge in [0.15, 0.2) is 5.69 Å². The van der Waals surface area contributed by atoms with E-state index in [1.54, 1.807) is 35.9 Å². The van der Waals surface area contributed by atoms with Gasteiger partial charge in [-0.3, -0.25) is 9.69 Å². The Bertz CT molecular complexity index is 1860. The number of carbonyl (C=O) groups is 1. The Labute approximate surface area is 282 Å². The number of hydrogen-bond donors (Lipinski definition) is 1. The van der Waals surface area contributed by atoms with Crippen molar-refractivity contribution in [1.82, 2.24) is 24.6 Å². The summed E-state index contributed by atoms with van der Waals surface area (Å²) in [5, 5.41) is 8.77. The van der Waals surface area contributed by atoms with Gasteiger partial charge in [-0.05, 0) is 84.7 Å². The second-order valence-corrected chi connectivity index (χ2v) is 15.4. The number of aromatic nitrogens is 3. The Morgan fingerprint density at radius 3 is 2.28 bits per heavy atom. The van der Waals surface area contributed by atoms with Crippen LogP contribution >= 0.6 is 11.6 Å². The third-order valence-corrected chi connectivity index (χ3v) is 10.9. The largest absolute Gasteiger partial charge is 0.369 e. The van der Waals surface area contributed by atoms with Gasteiger partial charge in [-0.1, -0.05) is 78.7 Å². The van der Waals surface area contributed by atoms with Crippen molar-refractivity contribution in [3.63, 3.8) is 0 Å². The Morgan fingerprint density at radius 1 is 0.915 bits per heavy atom. The fourth-order valence-corrected chi connectivity index (χ4v) is 7.52. The van der Waals surface area contributed by atoms with Crippen LogP contribution in [0.5, 0.6) is 0 Å². The number of nitrogens with zero attached hydrogens (tertiary/aromatic N) is 5. The number of halogens is 1. The fourth-order valence-electron chi connectivity index (χ4n) is 6.44. The van der Waals surface area contributed by atoms with Crippen molar-refractivity contribution < 1.29 is 13.2 Å². The zero-order valence-corrected chi connectivity index (χ0v) is 28.7. The molecule has 0 saturated carbocycles. The van der Waals surface area contributed by atoms with E-state index in [1.807, 2.05) is 42.5 Å². The lowest BCUT2D eigenvalue weighted by atomic mass is 9.72. The highest BCUT2D eigenvalue weighted by Gasteiger charge is 2.30. The first-order chi connectivity index (χ1) is 22.5. The predicted octanol–water partition coefficient (Wildman–Crippen LogP) is 6.19. The summed E-state index contributed by atoms with van der Waals surface area (Å²) in [6.45, 7) is 11.3. The lowest BCUT2D eigenvalue weighted by molar-refractivity contribution is 0.0976. The summed E-state index contributed by atoms with van der Waals surface area (Å²) < 4.78 is 30.0. The average molecular weight is 673 g/mol. The number of benzene rings is 3. The molecule has 2 aliphatic rings. The molecule has 0 bridgehead atoms. The van der Waals surface area contributed by atoms with Crippen molar-refractivity contribution >= 4 is 38.8 Å². The van der Waals surface area contributed by atoms with Gasteiger partial charge < -0.3 is 4.90 Å². The fraction of sp³-hybridized carbons (Fsp3) is 0.361. The molecule has 246 valence electrons. The summed E-state index contributed by atoms with van der Waals surface area (Å²) in [4.78, 5) is 17.7. The van der Waals surface area contributed by atoms with Gasteiger partial charge in [0, 0.05) is 43.4 Å². The quantitative estimate of drug-likeness (QED) is 0.226. The highest BCUT2D eigenvalue weighted by atomic mass is 35.5. The first-order valence-electron chi connectivity index (χ1n) is 16.0. The molecular formula is C36H41ClN6O3S. The van der Waals surface area contributed by atoms with Crippen LogP contribution in [-0.4, -0.2) is 66.9 Å². The summed E-state index contributed by atoms with van der Waals surface area (Å²) in [5.41, 5.74) is 6.94. The second-order valence-electron chi connectivity index (χ2n) is 13.3. The number of anilines is 1. The van der Waals surface area contributed by atoms with Gasteiger partial charge in [-0.25, -0.2) is 17.8 Å². The number of piperazine rings is 1. The van der Waals surface area contributed by atoms with Crippen LogP contribution in [0.25, 0.3) is 5.57 Å². The zero-order chi connectivity index (χ0) is 33.2. The van der Waals surface area contributed by atoms with Gasteiger partial charge in [-0.2, -0.15) is 0 Å². The minimum absolute atomic E-state index is 0.0180. The maximum absolute atomic E-state index is 13.1. The molecule has 1 amide bonds. The van der Waals surface area contributed by atoms with E-state index in [2.05, 4.69) is 50.8 Å². The molecule has 2 heterocycles. The molecule has 0 atom stereocenters. The van der Waals surface area contributed by atoms with Gasteiger partial charge in [0.05, 0.1) is 17.1 Å². The molecule has 1 aliphatic carbocycles. The van der Waals surface area contributed by atoms with E-state index < -0.39 is 15.9 Å². The molecule has 4 aromatic rings. The molecule has 1 saturated heterocycles. The molecule has 3 aromatic carbocycles. The minimum Gasteiger partial charge on any atom is -0.369 e. The van der Waals surface area contributed by atoms with Crippen LogP contribution in [0.4, 0.5) is 5.69 Å². The van der Waals surface area contributed by atoms with E-state index in [-0.39, 0.29) is 16.0 Å². The Morgan fingerprint density at radius 2 is 1.60 bits per heavy atom.